The Morgan fingerprint density at radius 1 is 1.03 bits per heavy atom. The summed E-state index contributed by atoms with van der Waals surface area (Å²) in [5, 5.41) is 3.26. The predicted octanol–water partition coefficient (Wildman–Crippen LogP) is 2.69. The number of hydrogen-bond acceptors (Lipinski definition) is 5. The molecule has 2 amide bonds. The van der Waals surface area contributed by atoms with Crippen molar-refractivity contribution in [1.82, 2.24) is 5.32 Å². The van der Waals surface area contributed by atoms with Gasteiger partial charge in [-0.05, 0) is 38.5 Å². The van der Waals surface area contributed by atoms with Crippen molar-refractivity contribution < 1.29 is 19.1 Å². The van der Waals surface area contributed by atoms with Gasteiger partial charge in [0.05, 0.1) is 24.6 Å². The Labute approximate surface area is 169 Å². The molecule has 6 nitrogen and oxygen atoms in total. The highest BCUT2D eigenvalue weighted by atomic mass is 16.5. The first-order valence-corrected chi connectivity index (χ1v) is 9.65. The zero-order chi connectivity index (χ0) is 20.9. The van der Waals surface area contributed by atoms with Crippen LogP contribution in [0.1, 0.15) is 29.7 Å². The van der Waals surface area contributed by atoms with Crippen molar-refractivity contribution in [3.05, 3.63) is 65.2 Å². The van der Waals surface area contributed by atoms with Gasteiger partial charge in [0.15, 0.2) is 0 Å². The zero-order valence-electron chi connectivity index (χ0n) is 16.9. The fourth-order valence-electron chi connectivity index (χ4n) is 4.64. The zero-order valence-corrected chi connectivity index (χ0v) is 16.9. The van der Waals surface area contributed by atoms with Crippen molar-refractivity contribution in [2.75, 3.05) is 12.0 Å². The average molecular weight is 392 g/mol. The molecule has 0 aliphatic carbocycles. The Kier molecular flexibility index (Phi) is 4.54. The third-order valence-corrected chi connectivity index (χ3v) is 6.09. The van der Waals surface area contributed by atoms with Crippen molar-refractivity contribution >= 4 is 23.5 Å². The van der Waals surface area contributed by atoms with E-state index in [-0.39, 0.29) is 11.8 Å². The fourth-order valence-corrected chi connectivity index (χ4v) is 4.64. The maximum Gasteiger partial charge on any atom is 0.326 e. The normalized spacial score (nSPS) is 28.6. The van der Waals surface area contributed by atoms with Gasteiger partial charge < -0.3 is 4.74 Å². The third-order valence-electron chi connectivity index (χ3n) is 6.09. The lowest BCUT2D eigenvalue weighted by Gasteiger charge is -2.28. The van der Waals surface area contributed by atoms with E-state index in [0.29, 0.717) is 5.69 Å². The van der Waals surface area contributed by atoms with Crippen LogP contribution >= 0.6 is 0 Å². The summed E-state index contributed by atoms with van der Waals surface area (Å²) in [5.74, 6) is -2.74. The highest BCUT2D eigenvalue weighted by Gasteiger charge is 2.67. The van der Waals surface area contributed by atoms with E-state index in [0.717, 1.165) is 16.7 Å². The van der Waals surface area contributed by atoms with Gasteiger partial charge in [-0.25, -0.2) is 4.90 Å². The minimum atomic E-state index is -1.29. The first kappa shape index (κ1) is 19.3. The molecule has 0 radical (unpaired) electrons. The van der Waals surface area contributed by atoms with E-state index in [1.807, 2.05) is 50.2 Å². The molecule has 6 heteroatoms. The Balaban J connectivity index is 1.83. The van der Waals surface area contributed by atoms with Crippen LogP contribution in [0.3, 0.4) is 0 Å². The molecule has 29 heavy (non-hydrogen) atoms. The number of amides is 2. The number of imide groups is 1. The molecule has 0 spiro atoms. The van der Waals surface area contributed by atoms with Crippen molar-refractivity contribution in [2.24, 2.45) is 11.8 Å². The van der Waals surface area contributed by atoms with Gasteiger partial charge in [0.2, 0.25) is 11.8 Å². The largest absolute Gasteiger partial charge is 0.468 e. The standard InChI is InChI=1S/C23H24N2O4/c1-13-8-10-16(11-9-13)25-20(26)17-18(21(25)27)23(3,22(28)29-4)24-19(17)15-7-5-6-14(2)12-15/h5-12,17-19,24H,1-4H3/t17-,18+,19+,23-/m1/s1. The van der Waals surface area contributed by atoms with Gasteiger partial charge >= 0.3 is 5.97 Å². The average Bonchev–Trinajstić information content (AvgIpc) is 3.16. The topological polar surface area (TPSA) is 75.7 Å². The number of carbonyl (C=O) groups is 3. The number of esters is 1. The van der Waals surface area contributed by atoms with Crippen molar-refractivity contribution in [3.8, 4) is 0 Å². The number of hydrogen-bond donors (Lipinski definition) is 1. The molecule has 0 bridgehead atoms. The second-order valence-corrected chi connectivity index (χ2v) is 8.08. The number of anilines is 1. The fraction of sp³-hybridized carbons (Fsp3) is 0.348. The lowest BCUT2D eigenvalue weighted by Crippen LogP contribution is -2.54. The van der Waals surface area contributed by atoms with Gasteiger partial charge in [-0.15, -0.1) is 0 Å². The maximum atomic E-state index is 13.5. The number of nitrogens with zero attached hydrogens (tertiary/aromatic N) is 1. The number of benzene rings is 2. The smallest absolute Gasteiger partial charge is 0.326 e. The predicted molar refractivity (Wildman–Crippen MR) is 108 cm³/mol. The molecule has 0 saturated carbocycles. The molecule has 2 heterocycles. The van der Waals surface area contributed by atoms with Crippen LogP contribution in [0.5, 0.6) is 0 Å². The summed E-state index contributed by atoms with van der Waals surface area (Å²) in [7, 11) is 1.29. The van der Waals surface area contributed by atoms with E-state index in [2.05, 4.69) is 5.32 Å². The maximum absolute atomic E-state index is 13.5. The third kappa shape index (κ3) is 2.86. The Morgan fingerprint density at radius 3 is 2.34 bits per heavy atom. The van der Waals surface area contributed by atoms with Crippen molar-refractivity contribution in [1.29, 1.82) is 0 Å². The van der Waals surface area contributed by atoms with E-state index in [1.165, 1.54) is 12.0 Å². The molecule has 2 aliphatic heterocycles. The molecule has 4 atom stereocenters. The van der Waals surface area contributed by atoms with Crippen LogP contribution in [0, 0.1) is 25.7 Å². The van der Waals surface area contributed by atoms with Crippen LogP contribution in [0.4, 0.5) is 5.69 Å². The molecule has 2 aromatic carbocycles. The molecule has 2 saturated heterocycles. The number of aryl methyl sites for hydroxylation is 2. The summed E-state index contributed by atoms with van der Waals surface area (Å²) in [6, 6.07) is 14.5. The van der Waals surface area contributed by atoms with Crippen LogP contribution in [0.15, 0.2) is 48.5 Å². The molecular weight excluding hydrogens is 368 g/mol. The Morgan fingerprint density at radius 2 is 1.72 bits per heavy atom. The highest BCUT2D eigenvalue weighted by Crippen LogP contribution is 2.50. The van der Waals surface area contributed by atoms with Gasteiger partial charge in [0.1, 0.15) is 5.54 Å². The van der Waals surface area contributed by atoms with Crippen LogP contribution in [-0.4, -0.2) is 30.4 Å². The van der Waals surface area contributed by atoms with Crippen LogP contribution in [0.2, 0.25) is 0 Å². The first-order valence-electron chi connectivity index (χ1n) is 9.65. The molecule has 2 aromatic rings. The summed E-state index contributed by atoms with van der Waals surface area (Å²) < 4.78 is 5.01. The lowest BCUT2D eigenvalue weighted by atomic mass is 9.80. The van der Waals surface area contributed by atoms with E-state index < -0.39 is 29.4 Å². The number of rotatable bonds is 3. The van der Waals surface area contributed by atoms with Crippen LogP contribution in [-0.2, 0) is 19.1 Å². The van der Waals surface area contributed by atoms with Crippen molar-refractivity contribution in [3.63, 3.8) is 0 Å². The summed E-state index contributed by atoms with van der Waals surface area (Å²) in [6.45, 7) is 5.56. The van der Waals surface area contributed by atoms with Crippen LogP contribution < -0.4 is 10.2 Å². The van der Waals surface area contributed by atoms with Gasteiger partial charge in [-0.2, -0.15) is 0 Å². The van der Waals surface area contributed by atoms with Crippen molar-refractivity contribution in [2.45, 2.75) is 32.4 Å². The number of methoxy groups -OCH3 is 1. The van der Waals surface area contributed by atoms with E-state index in [1.54, 1.807) is 19.1 Å². The Bertz CT molecular complexity index is 1000. The van der Waals surface area contributed by atoms with E-state index in [4.69, 9.17) is 4.74 Å². The molecular formula is C23H24N2O4. The number of nitrogens with one attached hydrogen (secondary N) is 1. The van der Waals surface area contributed by atoms with Gasteiger partial charge in [0, 0.05) is 6.04 Å². The molecule has 0 unspecified atom stereocenters. The van der Waals surface area contributed by atoms with E-state index in [9.17, 15) is 14.4 Å². The minimum Gasteiger partial charge on any atom is -0.468 e. The molecule has 2 fully saturated rings. The summed E-state index contributed by atoms with van der Waals surface area (Å²) >= 11 is 0. The minimum absolute atomic E-state index is 0.296. The molecule has 2 aliphatic rings. The monoisotopic (exact) mass is 392 g/mol. The number of ether oxygens (including phenoxy) is 1. The summed E-state index contributed by atoms with van der Waals surface area (Å²) in [5.41, 5.74) is 2.18. The molecule has 0 aromatic heterocycles. The molecule has 1 N–H and O–H groups in total. The second kappa shape index (κ2) is 6.81. The number of fused-ring (bicyclic) bond motifs is 1. The van der Waals surface area contributed by atoms with Gasteiger partial charge in [-0.1, -0.05) is 47.5 Å². The van der Waals surface area contributed by atoms with Gasteiger partial charge in [0.25, 0.3) is 0 Å². The van der Waals surface area contributed by atoms with Crippen LogP contribution in [0.25, 0.3) is 0 Å². The summed E-state index contributed by atoms with van der Waals surface area (Å²) in [6.07, 6.45) is 0. The van der Waals surface area contributed by atoms with Gasteiger partial charge in [-0.3, -0.25) is 19.7 Å². The number of carbonyl (C=O) groups excluding carboxylic acids is 3. The second-order valence-electron chi connectivity index (χ2n) is 8.08. The molecule has 150 valence electrons. The summed E-state index contributed by atoms with van der Waals surface area (Å²) in [4.78, 5) is 40.8. The first-order chi connectivity index (χ1) is 13.8. The van der Waals surface area contributed by atoms with E-state index >= 15 is 0 Å². The Hall–Kier alpha value is -2.99. The molecule has 4 rings (SSSR count). The SMILES string of the molecule is COC(=O)[C@]1(C)N[C@@H](c2cccc(C)c2)[C@@H]2C(=O)N(c3ccc(C)cc3)C(=O)[C@H]21. The quantitative estimate of drug-likeness (QED) is 0.642. The lowest BCUT2D eigenvalue weighted by molar-refractivity contribution is -0.151. The highest BCUT2D eigenvalue weighted by molar-refractivity contribution is 6.24.